The molecule has 4 heteroatoms. The first-order valence-electron chi connectivity index (χ1n) is 6.28. The highest BCUT2D eigenvalue weighted by Crippen LogP contribution is 2.24. The molecule has 18 heavy (non-hydrogen) atoms. The maximum Gasteiger partial charge on any atom is 0.306 e. The second-order valence-electron chi connectivity index (χ2n) is 4.64. The van der Waals surface area contributed by atoms with E-state index in [1.165, 1.54) is 12.8 Å². The topological polar surface area (TPSA) is 26.3 Å². The number of hydrogen-bond acceptors (Lipinski definition) is 2. The van der Waals surface area contributed by atoms with Crippen molar-refractivity contribution in [2.45, 2.75) is 44.6 Å². The molecule has 98 valence electrons. The second-order valence-corrected chi connectivity index (χ2v) is 5.46. The molecule has 0 N–H and O–H groups in total. The lowest BCUT2D eigenvalue weighted by Crippen LogP contribution is -2.14. The van der Waals surface area contributed by atoms with Gasteiger partial charge in [-0.15, -0.1) is 0 Å². The van der Waals surface area contributed by atoms with Crippen molar-refractivity contribution in [2.75, 3.05) is 0 Å². The molecule has 0 aromatic heterocycles. The number of esters is 1. The van der Waals surface area contributed by atoms with Crippen molar-refractivity contribution in [3.05, 3.63) is 33.8 Å². The molecule has 1 aromatic rings. The zero-order valence-corrected chi connectivity index (χ0v) is 11.6. The second kappa shape index (κ2) is 6.44. The maximum absolute atomic E-state index is 11.6. The summed E-state index contributed by atoms with van der Waals surface area (Å²) in [6, 6.07) is 5.44. The zero-order valence-electron chi connectivity index (χ0n) is 10.1. The molecular weight excluding hydrogens is 271 g/mol. The number of rotatable bonds is 4. The van der Waals surface area contributed by atoms with Gasteiger partial charge < -0.3 is 4.74 Å². The third kappa shape index (κ3) is 3.89. The summed E-state index contributed by atoms with van der Waals surface area (Å²) in [5.41, 5.74) is 1.01. The maximum atomic E-state index is 11.6. The molecule has 0 heterocycles. The molecule has 0 saturated heterocycles. The van der Waals surface area contributed by atoms with Gasteiger partial charge in [-0.2, -0.15) is 0 Å². The fraction of sp³-hybridized carbons (Fsp3) is 0.500. The van der Waals surface area contributed by atoms with Crippen molar-refractivity contribution in [2.24, 2.45) is 0 Å². The van der Waals surface area contributed by atoms with E-state index in [0.29, 0.717) is 22.9 Å². The Morgan fingerprint density at radius 2 is 1.94 bits per heavy atom. The van der Waals surface area contributed by atoms with Crippen LogP contribution in [0.15, 0.2) is 18.2 Å². The predicted molar refractivity (Wildman–Crippen MR) is 73.1 cm³/mol. The predicted octanol–water partition coefficient (Wildman–Crippen LogP) is 4.41. The van der Waals surface area contributed by atoms with Crippen LogP contribution in [0.5, 0.6) is 0 Å². The van der Waals surface area contributed by atoms with Gasteiger partial charge >= 0.3 is 5.97 Å². The summed E-state index contributed by atoms with van der Waals surface area (Å²) in [6.45, 7) is 0. The van der Waals surface area contributed by atoms with Crippen LogP contribution in [0, 0.1) is 0 Å². The fourth-order valence-corrected chi connectivity index (χ4v) is 2.51. The zero-order chi connectivity index (χ0) is 13.0. The number of carbonyl (C=O) groups is 1. The van der Waals surface area contributed by atoms with Crippen LogP contribution < -0.4 is 0 Å². The lowest BCUT2D eigenvalue weighted by atomic mass is 10.1. The molecule has 0 aliphatic heterocycles. The van der Waals surface area contributed by atoms with E-state index in [0.717, 1.165) is 18.4 Å². The minimum absolute atomic E-state index is 0.118. The van der Waals surface area contributed by atoms with Gasteiger partial charge in [-0.05, 0) is 49.8 Å². The van der Waals surface area contributed by atoms with Gasteiger partial charge in [0.05, 0.1) is 10.0 Å². The Morgan fingerprint density at radius 3 is 2.61 bits per heavy atom. The average Bonchev–Trinajstić information content (AvgIpc) is 2.83. The molecule has 1 aromatic carbocycles. The Balaban J connectivity index is 1.79. The SMILES string of the molecule is O=C(CCc1ccc(Cl)c(Cl)c1)OC1CCCC1. The molecule has 1 fully saturated rings. The molecule has 0 radical (unpaired) electrons. The number of carbonyl (C=O) groups excluding carboxylic acids is 1. The van der Waals surface area contributed by atoms with Gasteiger partial charge in [0.1, 0.15) is 6.10 Å². The van der Waals surface area contributed by atoms with Gasteiger partial charge in [-0.1, -0.05) is 29.3 Å². The van der Waals surface area contributed by atoms with Crippen LogP contribution in [0.3, 0.4) is 0 Å². The van der Waals surface area contributed by atoms with Crippen LogP contribution in [0.25, 0.3) is 0 Å². The minimum atomic E-state index is -0.118. The molecule has 1 aliphatic carbocycles. The molecule has 1 aliphatic rings. The van der Waals surface area contributed by atoms with E-state index < -0.39 is 0 Å². The Bertz CT molecular complexity index is 426. The Hall–Kier alpha value is -0.730. The summed E-state index contributed by atoms with van der Waals surface area (Å²) < 4.78 is 5.39. The van der Waals surface area contributed by atoms with Crippen LogP contribution >= 0.6 is 23.2 Å². The lowest BCUT2D eigenvalue weighted by Gasteiger charge is -2.11. The van der Waals surface area contributed by atoms with E-state index in [4.69, 9.17) is 27.9 Å². The molecule has 0 bridgehead atoms. The smallest absolute Gasteiger partial charge is 0.306 e. The van der Waals surface area contributed by atoms with Crippen molar-refractivity contribution in [1.82, 2.24) is 0 Å². The van der Waals surface area contributed by atoms with E-state index in [9.17, 15) is 4.79 Å². The van der Waals surface area contributed by atoms with E-state index >= 15 is 0 Å². The van der Waals surface area contributed by atoms with Crippen molar-refractivity contribution in [3.63, 3.8) is 0 Å². The molecule has 1 saturated carbocycles. The van der Waals surface area contributed by atoms with E-state index in [-0.39, 0.29) is 12.1 Å². The van der Waals surface area contributed by atoms with Crippen LogP contribution in [0.1, 0.15) is 37.7 Å². The number of aryl methyl sites for hydroxylation is 1. The van der Waals surface area contributed by atoms with Gasteiger partial charge in [0.2, 0.25) is 0 Å². The van der Waals surface area contributed by atoms with Gasteiger partial charge in [0, 0.05) is 6.42 Å². The summed E-state index contributed by atoms with van der Waals surface area (Å²) >= 11 is 11.8. The molecule has 0 atom stereocenters. The highest BCUT2D eigenvalue weighted by atomic mass is 35.5. The third-order valence-electron chi connectivity index (χ3n) is 3.20. The monoisotopic (exact) mass is 286 g/mol. The largest absolute Gasteiger partial charge is 0.462 e. The summed E-state index contributed by atoms with van der Waals surface area (Å²) in [5.74, 6) is -0.118. The minimum Gasteiger partial charge on any atom is -0.462 e. The molecule has 0 spiro atoms. The van der Waals surface area contributed by atoms with Gasteiger partial charge in [0.25, 0.3) is 0 Å². The summed E-state index contributed by atoms with van der Waals surface area (Å²) in [5, 5.41) is 1.06. The molecule has 0 amide bonds. The number of ether oxygens (including phenoxy) is 1. The molecule has 2 nitrogen and oxygen atoms in total. The highest BCUT2D eigenvalue weighted by Gasteiger charge is 2.18. The molecule has 2 rings (SSSR count). The molecular formula is C14H16Cl2O2. The first kappa shape index (κ1) is 13.7. The van der Waals surface area contributed by atoms with E-state index in [1.807, 2.05) is 6.07 Å². The van der Waals surface area contributed by atoms with Crippen LogP contribution in [0.4, 0.5) is 0 Å². The summed E-state index contributed by atoms with van der Waals surface area (Å²) in [7, 11) is 0. The third-order valence-corrected chi connectivity index (χ3v) is 3.94. The summed E-state index contributed by atoms with van der Waals surface area (Å²) in [4.78, 5) is 11.6. The van der Waals surface area contributed by atoms with Crippen LogP contribution in [-0.2, 0) is 16.0 Å². The van der Waals surface area contributed by atoms with Gasteiger partial charge in [-0.25, -0.2) is 0 Å². The van der Waals surface area contributed by atoms with E-state index in [2.05, 4.69) is 0 Å². The fourth-order valence-electron chi connectivity index (χ4n) is 2.19. The van der Waals surface area contributed by atoms with Crippen molar-refractivity contribution in [1.29, 1.82) is 0 Å². The first-order chi connectivity index (χ1) is 8.65. The quantitative estimate of drug-likeness (QED) is 0.767. The standard InChI is InChI=1S/C14H16Cl2O2/c15-12-7-5-10(9-13(12)16)6-8-14(17)18-11-3-1-2-4-11/h5,7,9,11H,1-4,6,8H2. The Morgan fingerprint density at radius 1 is 1.22 bits per heavy atom. The normalized spacial score (nSPS) is 15.9. The van der Waals surface area contributed by atoms with Crippen LogP contribution in [0.2, 0.25) is 10.0 Å². The number of halogens is 2. The lowest BCUT2D eigenvalue weighted by molar-refractivity contribution is -0.148. The number of hydrogen-bond donors (Lipinski definition) is 0. The Kier molecular flexibility index (Phi) is 4.90. The highest BCUT2D eigenvalue weighted by molar-refractivity contribution is 6.42. The van der Waals surface area contributed by atoms with Crippen LogP contribution in [-0.4, -0.2) is 12.1 Å². The Labute approximate surface area is 117 Å². The van der Waals surface area contributed by atoms with E-state index in [1.54, 1.807) is 12.1 Å². The van der Waals surface area contributed by atoms with Crippen molar-refractivity contribution < 1.29 is 9.53 Å². The molecule has 0 unspecified atom stereocenters. The van der Waals surface area contributed by atoms with Crippen molar-refractivity contribution >= 4 is 29.2 Å². The average molecular weight is 287 g/mol. The number of benzene rings is 1. The first-order valence-corrected chi connectivity index (χ1v) is 7.04. The van der Waals surface area contributed by atoms with Gasteiger partial charge in [-0.3, -0.25) is 4.79 Å². The van der Waals surface area contributed by atoms with Crippen molar-refractivity contribution in [3.8, 4) is 0 Å². The summed E-state index contributed by atoms with van der Waals surface area (Å²) in [6.07, 6.45) is 5.55. The van der Waals surface area contributed by atoms with Gasteiger partial charge in [0.15, 0.2) is 0 Å².